The molecule has 8 nitrogen and oxygen atoms in total. The highest BCUT2D eigenvalue weighted by Crippen LogP contribution is 2.47. The fraction of sp³-hybridized carbons (Fsp3) is 0.514. The van der Waals surface area contributed by atoms with Crippen LogP contribution in [0.3, 0.4) is 0 Å². The van der Waals surface area contributed by atoms with Crippen molar-refractivity contribution in [1.29, 1.82) is 0 Å². The predicted molar refractivity (Wildman–Crippen MR) is 179 cm³/mol. The Morgan fingerprint density at radius 3 is 2.64 bits per heavy atom. The van der Waals surface area contributed by atoms with Crippen molar-refractivity contribution in [2.45, 2.75) is 64.5 Å². The van der Waals surface area contributed by atoms with Crippen LogP contribution in [0.1, 0.15) is 70.1 Å². The second-order valence-corrected chi connectivity index (χ2v) is 13.6. The Labute approximate surface area is 269 Å². The normalized spacial score (nSPS) is 20.1. The fourth-order valence-corrected chi connectivity index (χ4v) is 7.34. The fourth-order valence-electron chi connectivity index (χ4n) is 7.08. The van der Waals surface area contributed by atoms with Crippen LogP contribution < -0.4 is 9.64 Å². The SMILES string of the molecule is C/C=C\c1c(Cl)cc2c(cnn2C2CCCCO2)c1-c1ccc2c(N3CCCCC3)nc(OCC3(CN(C)C)CC3)nc2c1F. The molecule has 0 spiro atoms. The van der Waals surface area contributed by atoms with Crippen molar-refractivity contribution in [2.75, 3.05) is 51.8 Å². The molecule has 45 heavy (non-hydrogen) atoms. The lowest BCUT2D eigenvalue weighted by atomic mass is 9.94. The van der Waals surface area contributed by atoms with E-state index >= 15 is 4.39 Å². The number of hydrogen-bond acceptors (Lipinski definition) is 7. The molecule has 1 atom stereocenters. The van der Waals surface area contributed by atoms with E-state index in [1.807, 2.05) is 48.2 Å². The van der Waals surface area contributed by atoms with E-state index in [9.17, 15) is 0 Å². The maximum atomic E-state index is 17.1. The quantitative estimate of drug-likeness (QED) is 0.186. The van der Waals surface area contributed by atoms with Crippen LogP contribution in [0.15, 0.2) is 30.5 Å². The zero-order valence-corrected chi connectivity index (χ0v) is 27.2. The maximum absolute atomic E-state index is 17.1. The van der Waals surface area contributed by atoms with E-state index < -0.39 is 5.82 Å². The summed E-state index contributed by atoms with van der Waals surface area (Å²) in [6, 6.07) is 5.95. The molecule has 7 rings (SSSR count). The Morgan fingerprint density at radius 2 is 1.93 bits per heavy atom. The van der Waals surface area contributed by atoms with E-state index in [0.29, 0.717) is 34.7 Å². The molecule has 0 bridgehead atoms. The molecule has 0 radical (unpaired) electrons. The first-order chi connectivity index (χ1) is 21.9. The molecule has 4 heterocycles. The minimum absolute atomic E-state index is 0.101. The summed E-state index contributed by atoms with van der Waals surface area (Å²) in [6.45, 7) is 5.84. The van der Waals surface area contributed by atoms with Gasteiger partial charge in [0, 0.05) is 59.1 Å². The lowest BCUT2D eigenvalue weighted by Gasteiger charge is -2.29. The highest BCUT2D eigenvalue weighted by atomic mass is 35.5. The molecule has 0 N–H and O–H groups in total. The highest BCUT2D eigenvalue weighted by molar-refractivity contribution is 6.34. The molecule has 2 aromatic heterocycles. The standard InChI is InChI=1S/C35H42ClFN6O2/c1-4-10-23-27(36)19-28-26(20-38-43(28)29-11-6-9-18-44-29)30(23)24-12-13-25-32(31(24)37)39-34(40-33(25)42-16-7-5-8-17-42)45-22-35(14-15-35)21-41(2)3/h4,10,12-13,19-20,29H,5-9,11,14-18,21-22H2,1-3H3/b10-4-. The van der Waals surface area contributed by atoms with E-state index in [2.05, 4.69) is 23.9 Å². The number of allylic oxidation sites excluding steroid dienone is 1. The summed E-state index contributed by atoms with van der Waals surface area (Å²) in [5, 5.41) is 6.78. The van der Waals surface area contributed by atoms with Crippen LogP contribution in [0.25, 0.3) is 39.0 Å². The third-order valence-electron chi connectivity index (χ3n) is 9.46. The Balaban J connectivity index is 1.38. The van der Waals surface area contributed by atoms with Gasteiger partial charge in [-0.05, 0) is 84.5 Å². The van der Waals surface area contributed by atoms with Crippen LogP contribution in [-0.4, -0.2) is 71.6 Å². The first-order valence-corrected chi connectivity index (χ1v) is 16.7. The predicted octanol–water partition coefficient (Wildman–Crippen LogP) is 7.88. The van der Waals surface area contributed by atoms with Gasteiger partial charge in [0.05, 0.1) is 23.3 Å². The molecule has 3 aliphatic rings. The first kappa shape index (κ1) is 30.4. The van der Waals surface area contributed by atoms with Crippen molar-refractivity contribution >= 4 is 45.3 Å². The van der Waals surface area contributed by atoms with Crippen LogP contribution in [-0.2, 0) is 4.74 Å². The van der Waals surface area contributed by atoms with Gasteiger partial charge in [0.15, 0.2) is 12.0 Å². The Hall–Kier alpha value is -3.27. The van der Waals surface area contributed by atoms with Gasteiger partial charge in [-0.3, -0.25) is 0 Å². The Kier molecular flexibility index (Phi) is 8.44. The summed E-state index contributed by atoms with van der Waals surface area (Å²) in [5.74, 6) is 0.327. The van der Waals surface area contributed by atoms with Crippen LogP contribution in [0.2, 0.25) is 5.02 Å². The van der Waals surface area contributed by atoms with Gasteiger partial charge < -0.3 is 19.3 Å². The number of ether oxygens (including phenoxy) is 2. The summed E-state index contributed by atoms with van der Waals surface area (Å²) >= 11 is 6.94. The van der Waals surface area contributed by atoms with Gasteiger partial charge in [-0.1, -0.05) is 29.8 Å². The summed E-state index contributed by atoms with van der Waals surface area (Å²) in [5.41, 5.74) is 3.05. The maximum Gasteiger partial charge on any atom is 0.319 e. The van der Waals surface area contributed by atoms with Crippen molar-refractivity contribution in [3.05, 3.63) is 46.9 Å². The van der Waals surface area contributed by atoms with Gasteiger partial charge in [-0.25, -0.2) is 9.07 Å². The van der Waals surface area contributed by atoms with Gasteiger partial charge in [0.2, 0.25) is 0 Å². The molecule has 10 heteroatoms. The van der Waals surface area contributed by atoms with E-state index in [1.165, 1.54) is 6.42 Å². The second-order valence-electron chi connectivity index (χ2n) is 13.2. The first-order valence-electron chi connectivity index (χ1n) is 16.3. The van der Waals surface area contributed by atoms with Crippen LogP contribution in [0, 0.1) is 11.2 Å². The largest absolute Gasteiger partial charge is 0.463 e. The zero-order chi connectivity index (χ0) is 31.1. The van der Waals surface area contributed by atoms with E-state index in [1.54, 1.807) is 0 Å². The molecular formula is C35H42ClFN6O2. The topological polar surface area (TPSA) is 68.5 Å². The van der Waals surface area contributed by atoms with Gasteiger partial charge in [0.25, 0.3) is 0 Å². The third-order valence-corrected chi connectivity index (χ3v) is 9.78. The Bertz CT molecular complexity index is 1740. The number of halogens is 2. The molecule has 1 aliphatic carbocycles. The number of aromatic nitrogens is 4. The minimum atomic E-state index is -0.413. The van der Waals surface area contributed by atoms with Gasteiger partial charge in [-0.2, -0.15) is 15.1 Å². The second kappa shape index (κ2) is 12.5. The molecule has 2 saturated heterocycles. The van der Waals surface area contributed by atoms with E-state index in [4.69, 9.17) is 36.1 Å². The molecule has 4 aromatic rings. The molecule has 2 aliphatic heterocycles. The van der Waals surface area contributed by atoms with Gasteiger partial charge >= 0.3 is 6.01 Å². The number of nitrogens with zero attached hydrogens (tertiary/aromatic N) is 6. The van der Waals surface area contributed by atoms with Gasteiger partial charge in [0.1, 0.15) is 11.3 Å². The van der Waals surface area contributed by atoms with Gasteiger partial charge in [-0.15, -0.1) is 0 Å². The van der Waals surface area contributed by atoms with Crippen molar-refractivity contribution in [2.24, 2.45) is 5.41 Å². The molecule has 1 unspecified atom stereocenters. The zero-order valence-electron chi connectivity index (χ0n) is 26.5. The number of fused-ring (bicyclic) bond motifs is 2. The Morgan fingerprint density at radius 1 is 1.11 bits per heavy atom. The number of benzene rings is 2. The molecule has 2 aromatic carbocycles. The molecule has 1 saturated carbocycles. The highest BCUT2D eigenvalue weighted by Gasteiger charge is 2.44. The molecular weight excluding hydrogens is 591 g/mol. The number of hydrogen-bond donors (Lipinski definition) is 0. The average molecular weight is 633 g/mol. The lowest BCUT2D eigenvalue weighted by Crippen LogP contribution is -2.31. The minimum Gasteiger partial charge on any atom is -0.463 e. The summed E-state index contributed by atoms with van der Waals surface area (Å²) in [6.07, 6.45) is 14.0. The van der Waals surface area contributed by atoms with Crippen LogP contribution >= 0.6 is 11.6 Å². The average Bonchev–Trinajstić information content (AvgIpc) is 3.68. The van der Waals surface area contributed by atoms with Crippen molar-refractivity contribution in [3.63, 3.8) is 0 Å². The van der Waals surface area contributed by atoms with Crippen molar-refractivity contribution < 1.29 is 13.9 Å². The number of piperidine rings is 1. The van der Waals surface area contributed by atoms with Crippen molar-refractivity contribution in [3.8, 4) is 17.1 Å². The van der Waals surface area contributed by atoms with E-state index in [0.717, 1.165) is 86.9 Å². The smallest absolute Gasteiger partial charge is 0.319 e. The van der Waals surface area contributed by atoms with Crippen LogP contribution in [0.5, 0.6) is 6.01 Å². The summed E-state index contributed by atoms with van der Waals surface area (Å²) < 4.78 is 31.3. The van der Waals surface area contributed by atoms with E-state index in [-0.39, 0.29) is 23.2 Å². The lowest BCUT2D eigenvalue weighted by molar-refractivity contribution is -0.0366. The van der Waals surface area contributed by atoms with Crippen molar-refractivity contribution in [1.82, 2.24) is 24.6 Å². The van der Waals surface area contributed by atoms with Crippen LogP contribution in [0.4, 0.5) is 10.2 Å². The third kappa shape index (κ3) is 5.90. The molecule has 3 fully saturated rings. The number of anilines is 1. The summed E-state index contributed by atoms with van der Waals surface area (Å²) in [7, 11) is 4.16. The monoisotopic (exact) mass is 632 g/mol. The molecule has 0 amide bonds. The summed E-state index contributed by atoms with van der Waals surface area (Å²) in [4.78, 5) is 14.1. The molecule has 238 valence electrons. The number of rotatable bonds is 9.